The van der Waals surface area contributed by atoms with Crippen molar-refractivity contribution in [1.82, 2.24) is 4.90 Å². The number of amides is 1. The van der Waals surface area contributed by atoms with Gasteiger partial charge in [0.05, 0.1) is 6.54 Å². The number of benzene rings is 1. The quantitative estimate of drug-likeness (QED) is 0.879. The Kier molecular flexibility index (Phi) is 5.53. The molecule has 1 aromatic heterocycles. The van der Waals surface area contributed by atoms with Gasteiger partial charge in [-0.25, -0.2) is 0 Å². The van der Waals surface area contributed by atoms with Crippen LogP contribution >= 0.6 is 11.3 Å². The zero-order valence-corrected chi connectivity index (χ0v) is 13.7. The Labute approximate surface area is 130 Å². The van der Waals surface area contributed by atoms with Crippen LogP contribution in [-0.2, 0) is 11.3 Å². The molecule has 1 heterocycles. The summed E-state index contributed by atoms with van der Waals surface area (Å²) in [4.78, 5) is 15.7. The molecule has 0 saturated carbocycles. The Balaban J connectivity index is 1.95. The molecule has 0 saturated heterocycles. The van der Waals surface area contributed by atoms with Crippen molar-refractivity contribution in [3.8, 4) is 0 Å². The Morgan fingerprint density at radius 2 is 2.10 bits per heavy atom. The minimum absolute atomic E-state index is 0.0436. The number of aryl methyl sites for hydroxylation is 2. The summed E-state index contributed by atoms with van der Waals surface area (Å²) < 4.78 is 0. The number of rotatable bonds is 6. The van der Waals surface area contributed by atoms with Crippen LogP contribution in [0.2, 0.25) is 0 Å². The SMILES string of the molecule is CCN(CC(=O)Nc1cc(C)ccc1C)Cc1cccs1. The first kappa shape index (κ1) is 15.7. The maximum Gasteiger partial charge on any atom is 0.238 e. The van der Waals surface area contributed by atoms with E-state index in [0.29, 0.717) is 6.54 Å². The average molecular weight is 302 g/mol. The molecular weight excluding hydrogens is 280 g/mol. The summed E-state index contributed by atoms with van der Waals surface area (Å²) in [6, 6.07) is 10.3. The molecule has 0 aliphatic rings. The topological polar surface area (TPSA) is 32.3 Å². The van der Waals surface area contributed by atoms with Gasteiger partial charge < -0.3 is 5.32 Å². The lowest BCUT2D eigenvalue weighted by Crippen LogP contribution is -2.32. The number of carbonyl (C=O) groups is 1. The predicted octanol–water partition coefficient (Wildman–Crippen LogP) is 3.83. The van der Waals surface area contributed by atoms with Crippen LogP contribution in [0.1, 0.15) is 22.9 Å². The summed E-state index contributed by atoms with van der Waals surface area (Å²) in [6.07, 6.45) is 0. The highest BCUT2D eigenvalue weighted by molar-refractivity contribution is 7.09. The summed E-state index contributed by atoms with van der Waals surface area (Å²) >= 11 is 1.73. The molecule has 0 spiro atoms. The molecule has 0 unspecified atom stereocenters. The fraction of sp³-hybridized carbons (Fsp3) is 0.353. The predicted molar refractivity (Wildman–Crippen MR) is 89.8 cm³/mol. The van der Waals surface area contributed by atoms with Gasteiger partial charge in [-0.1, -0.05) is 25.1 Å². The second-order valence-corrected chi connectivity index (χ2v) is 6.28. The van der Waals surface area contributed by atoms with Crippen molar-refractivity contribution < 1.29 is 4.79 Å². The molecule has 1 amide bonds. The number of thiophene rings is 1. The number of carbonyl (C=O) groups excluding carboxylic acids is 1. The van der Waals surface area contributed by atoms with Gasteiger partial charge in [-0.3, -0.25) is 9.69 Å². The molecule has 2 rings (SSSR count). The van der Waals surface area contributed by atoms with Crippen molar-refractivity contribution in [2.24, 2.45) is 0 Å². The van der Waals surface area contributed by atoms with Gasteiger partial charge in [0.2, 0.25) is 5.91 Å². The van der Waals surface area contributed by atoms with Crippen LogP contribution in [0.25, 0.3) is 0 Å². The summed E-state index contributed by atoms with van der Waals surface area (Å²) in [5, 5.41) is 5.09. The van der Waals surface area contributed by atoms with E-state index >= 15 is 0 Å². The van der Waals surface area contributed by atoms with Crippen LogP contribution in [0.5, 0.6) is 0 Å². The van der Waals surface area contributed by atoms with E-state index in [4.69, 9.17) is 0 Å². The van der Waals surface area contributed by atoms with Gasteiger partial charge in [-0.05, 0) is 49.0 Å². The van der Waals surface area contributed by atoms with Crippen molar-refractivity contribution >= 4 is 22.9 Å². The molecule has 3 nitrogen and oxygen atoms in total. The van der Waals surface area contributed by atoms with Crippen molar-refractivity contribution in [2.75, 3.05) is 18.4 Å². The zero-order valence-electron chi connectivity index (χ0n) is 12.8. The van der Waals surface area contributed by atoms with Crippen molar-refractivity contribution in [1.29, 1.82) is 0 Å². The van der Waals surface area contributed by atoms with Crippen molar-refractivity contribution in [2.45, 2.75) is 27.3 Å². The molecule has 0 bridgehead atoms. The van der Waals surface area contributed by atoms with Crippen LogP contribution in [0, 0.1) is 13.8 Å². The van der Waals surface area contributed by atoms with E-state index in [9.17, 15) is 4.79 Å². The maximum atomic E-state index is 12.2. The number of nitrogens with zero attached hydrogens (tertiary/aromatic N) is 1. The number of nitrogens with one attached hydrogen (secondary N) is 1. The third kappa shape index (κ3) is 4.69. The van der Waals surface area contributed by atoms with Crippen LogP contribution in [0.4, 0.5) is 5.69 Å². The summed E-state index contributed by atoms with van der Waals surface area (Å²) in [6.45, 7) is 8.23. The number of hydrogen-bond donors (Lipinski definition) is 1. The lowest BCUT2D eigenvalue weighted by atomic mass is 10.1. The Bertz CT molecular complexity index is 593. The summed E-state index contributed by atoms with van der Waals surface area (Å²) in [5.74, 6) is 0.0436. The fourth-order valence-electron chi connectivity index (χ4n) is 2.17. The molecule has 1 aromatic carbocycles. The van der Waals surface area contributed by atoms with E-state index in [1.807, 2.05) is 32.0 Å². The van der Waals surface area contributed by atoms with Gasteiger partial charge >= 0.3 is 0 Å². The van der Waals surface area contributed by atoms with Gasteiger partial charge in [0.25, 0.3) is 0 Å². The molecular formula is C17H22N2OS. The first-order chi connectivity index (χ1) is 10.1. The molecule has 2 aromatic rings. The van der Waals surface area contributed by atoms with Crippen LogP contribution in [-0.4, -0.2) is 23.9 Å². The van der Waals surface area contributed by atoms with Crippen LogP contribution < -0.4 is 5.32 Å². The number of hydrogen-bond acceptors (Lipinski definition) is 3. The first-order valence-electron chi connectivity index (χ1n) is 7.20. The van der Waals surface area contributed by atoms with E-state index in [1.54, 1.807) is 11.3 Å². The van der Waals surface area contributed by atoms with E-state index in [1.165, 1.54) is 4.88 Å². The van der Waals surface area contributed by atoms with Gasteiger partial charge in [0.1, 0.15) is 0 Å². The molecule has 0 aliphatic carbocycles. The Morgan fingerprint density at radius 1 is 1.29 bits per heavy atom. The maximum absolute atomic E-state index is 12.2. The highest BCUT2D eigenvalue weighted by Gasteiger charge is 2.11. The standard InChI is InChI=1S/C17H22N2OS/c1-4-19(11-15-6-5-9-21-15)12-17(20)18-16-10-13(2)7-8-14(16)3/h5-10H,4,11-12H2,1-3H3,(H,18,20). The number of anilines is 1. The van der Waals surface area contributed by atoms with E-state index < -0.39 is 0 Å². The fourth-order valence-corrected chi connectivity index (χ4v) is 2.91. The second kappa shape index (κ2) is 7.38. The molecule has 0 atom stereocenters. The molecule has 4 heteroatoms. The van der Waals surface area contributed by atoms with Gasteiger partial charge in [0, 0.05) is 17.1 Å². The highest BCUT2D eigenvalue weighted by Crippen LogP contribution is 2.16. The van der Waals surface area contributed by atoms with E-state index in [0.717, 1.165) is 29.9 Å². The lowest BCUT2D eigenvalue weighted by Gasteiger charge is -2.19. The summed E-state index contributed by atoms with van der Waals surface area (Å²) in [7, 11) is 0. The molecule has 112 valence electrons. The van der Waals surface area contributed by atoms with Crippen molar-refractivity contribution in [3.05, 3.63) is 51.7 Å². The monoisotopic (exact) mass is 302 g/mol. The molecule has 1 N–H and O–H groups in total. The van der Waals surface area contributed by atoms with E-state index in [-0.39, 0.29) is 5.91 Å². The zero-order chi connectivity index (χ0) is 15.2. The normalized spacial score (nSPS) is 10.9. The van der Waals surface area contributed by atoms with Crippen LogP contribution in [0.3, 0.4) is 0 Å². The van der Waals surface area contributed by atoms with Crippen LogP contribution in [0.15, 0.2) is 35.7 Å². The first-order valence-corrected chi connectivity index (χ1v) is 8.08. The Hall–Kier alpha value is -1.65. The number of likely N-dealkylation sites (N-methyl/N-ethyl adjacent to an activating group) is 1. The third-order valence-electron chi connectivity index (χ3n) is 3.44. The minimum atomic E-state index is 0.0436. The smallest absolute Gasteiger partial charge is 0.238 e. The van der Waals surface area contributed by atoms with Gasteiger partial charge in [0.15, 0.2) is 0 Å². The largest absolute Gasteiger partial charge is 0.325 e. The minimum Gasteiger partial charge on any atom is -0.325 e. The second-order valence-electron chi connectivity index (χ2n) is 5.25. The Morgan fingerprint density at radius 3 is 2.76 bits per heavy atom. The van der Waals surface area contributed by atoms with Gasteiger partial charge in [-0.15, -0.1) is 11.3 Å². The van der Waals surface area contributed by atoms with Crippen molar-refractivity contribution in [3.63, 3.8) is 0 Å². The average Bonchev–Trinajstić information content (AvgIpc) is 2.95. The third-order valence-corrected chi connectivity index (χ3v) is 4.30. The highest BCUT2D eigenvalue weighted by atomic mass is 32.1. The van der Waals surface area contributed by atoms with E-state index in [2.05, 4.69) is 34.7 Å². The molecule has 0 aliphatic heterocycles. The van der Waals surface area contributed by atoms with Gasteiger partial charge in [-0.2, -0.15) is 0 Å². The summed E-state index contributed by atoms with van der Waals surface area (Å²) in [5.41, 5.74) is 3.16. The molecule has 0 fully saturated rings. The molecule has 0 radical (unpaired) electrons. The lowest BCUT2D eigenvalue weighted by molar-refractivity contribution is -0.117. The molecule has 21 heavy (non-hydrogen) atoms.